The molecule has 0 aliphatic rings. The van der Waals surface area contributed by atoms with Crippen LogP contribution < -0.4 is 5.43 Å². The molecule has 0 fully saturated rings. The van der Waals surface area contributed by atoms with Crippen molar-refractivity contribution in [2.24, 2.45) is 10.5 Å². The molecule has 0 saturated carbocycles. The molecule has 12 heavy (non-hydrogen) atoms. The lowest BCUT2D eigenvalue weighted by Gasteiger charge is -2.17. The van der Waals surface area contributed by atoms with Crippen molar-refractivity contribution in [3.05, 3.63) is 0 Å². The second kappa shape index (κ2) is 4.09. The predicted octanol–water partition coefficient (Wildman–Crippen LogP) is 1.76. The lowest BCUT2D eigenvalue weighted by molar-refractivity contribution is 0.171. The molecular weight excluding hydrogens is 156 g/mol. The van der Waals surface area contributed by atoms with Gasteiger partial charge in [-0.1, -0.05) is 20.8 Å². The molecule has 0 bridgehead atoms. The number of rotatable bonds is 1. The van der Waals surface area contributed by atoms with E-state index in [4.69, 9.17) is 0 Å². The van der Waals surface area contributed by atoms with Crippen LogP contribution in [0.1, 0.15) is 27.7 Å². The summed E-state index contributed by atoms with van der Waals surface area (Å²) in [7, 11) is 1.30. The van der Waals surface area contributed by atoms with Crippen LogP contribution in [-0.2, 0) is 4.74 Å². The van der Waals surface area contributed by atoms with E-state index in [0.717, 1.165) is 5.71 Å². The molecular formula is C8H16N2O2. The van der Waals surface area contributed by atoms with Crippen LogP contribution in [0.4, 0.5) is 4.79 Å². The predicted molar refractivity (Wildman–Crippen MR) is 48.1 cm³/mol. The van der Waals surface area contributed by atoms with Crippen molar-refractivity contribution < 1.29 is 9.53 Å². The van der Waals surface area contributed by atoms with Crippen LogP contribution in [-0.4, -0.2) is 18.9 Å². The fraction of sp³-hybridized carbons (Fsp3) is 0.750. The van der Waals surface area contributed by atoms with Crippen molar-refractivity contribution in [1.82, 2.24) is 5.43 Å². The van der Waals surface area contributed by atoms with Gasteiger partial charge in [-0.3, -0.25) is 0 Å². The summed E-state index contributed by atoms with van der Waals surface area (Å²) in [5.74, 6) is 0. The van der Waals surface area contributed by atoms with Crippen molar-refractivity contribution in [2.45, 2.75) is 27.7 Å². The quantitative estimate of drug-likeness (QED) is 0.484. The molecule has 0 aliphatic carbocycles. The third-order valence-electron chi connectivity index (χ3n) is 1.59. The fourth-order valence-corrected chi connectivity index (χ4v) is 0.343. The SMILES string of the molecule is COC(=O)NN=C(C)C(C)(C)C. The molecule has 0 aromatic rings. The van der Waals surface area contributed by atoms with Gasteiger partial charge in [-0.15, -0.1) is 0 Å². The second-order valence-corrected chi connectivity index (χ2v) is 3.55. The van der Waals surface area contributed by atoms with Crippen LogP contribution in [0.5, 0.6) is 0 Å². The number of ether oxygens (including phenoxy) is 1. The van der Waals surface area contributed by atoms with Crippen molar-refractivity contribution in [3.63, 3.8) is 0 Å². The van der Waals surface area contributed by atoms with Gasteiger partial charge in [-0.25, -0.2) is 10.2 Å². The van der Waals surface area contributed by atoms with Gasteiger partial charge in [0.05, 0.1) is 7.11 Å². The van der Waals surface area contributed by atoms with E-state index in [1.54, 1.807) is 0 Å². The van der Waals surface area contributed by atoms with E-state index in [2.05, 4.69) is 15.3 Å². The maximum Gasteiger partial charge on any atom is 0.427 e. The molecule has 4 heteroatoms. The first-order valence-electron chi connectivity index (χ1n) is 3.76. The standard InChI is InChI=1S/C8H16N2O2/c1-6(8(2,3)4)9-10-7(11)12-5/h1-5H3,(H,10,11). The number of nitrogens with zero attached hydrogens (tertiary/aromatic N) is 1. The molecule has 0 aromatic heterocycles. The third-order valence-corrected chi connectivity index (χ3v) is 1.59. The lowest BCUT2D eigenvalue weighted by Crippen LogP contribution is -2.24. The van der Waals surface area contributed by atoms with Crippen molar-refractivity contribution in [3.8, 4) is 0 Å². The largest absolute Gasteiger partial charge is 0.452 e. The maximum atomic E-state index is 10.6. The van der Waals surface area contributed by atoms with Crippen LogP contribution in [0.2, 0.25) is 0 Å². The molecule has 4 nitrogen and oxygen atoms in total. The monoisotopic (exact) mass is 172 g/mol. The van der Waals surface area contributed by atoms with Crippen molar-refractivity contribution in [2.75, 3.05) is 7.11 Å². The Morgan fingerprint density at radius 3 is 2.25 bits per heavy atom. The van der Waals surface area contributed by atoms with Crippen LogP contribution in [0.3, 0.4) is 0 Å². The molecule has 0 rings (SSSR count). The molecule has 0 heterocycles. The van der Waals surface area contributed by atoms with Gasteiger partial charge in [0.1, 0.15) is 0 Å². The molecule has 1 amide bonds. The summed E-state index contributed by atoms with van der Waals surface area (Å²) in [6.45, 7) is 7.91. The highest BCUT2D eigenvalue weighted by Gasteiger charge is 2.14. The molecule has 1 N–H and O–H groups in total. The summed E-state index contributed by atoms with van der Waals surface area (Å²) in [5, 5.41) is 3.86. The number of carbonyl (C=O) groups excluding carboxylic acids is 1. The Morgan fingerprint density at radius 1 is 1.42 bits per heavy atom. The van der Waals surface area contributed by atoms with E-state index >= 15 is 0 Å². The van der Waals surface area contributed by atoms with E-state index in [9.17, 15) is 4.79 Å². The van der Waals surface area contributed by atoms with E-state index in [0.29, 0.717) is 0 Å². The first-order chi connectivity index (χ1) is 5.38. The Kier molecular flexibility index (Phi) is 3.73. The van der Waals surface area contributed by atoms with Crippen LogP contribution in [0, 0.1) is 5.41 Å². The second-order valence-electron chi connectivity index (χ2n) is 3.55. The Labute approximate surface area is 73.0 Å². The number of amides is 1. The molecule has 70 valence electrons. The van der Waals surface area contributed by atoms with Crippen LogP contribution in [0.15, 0.2) is 5.10 Å². The summed E-state index contributed by atoms with van der Waals surface area (Å²) in [5.41, 5.74) is 3.09. The highest BCUT2D eigenvalue weighted by Crippen LogP contribution is 2.14. The Balaban J connectivity index is 4.11. The highest BCUT2D eigenvalue weighted by molar-refractivity contribution is 5.87. The summed E-state index contributed by atoms with van der Waals surface area (Å²) in [4.78, 5) is 10.6. The lowest BCUT2D eigenvalue weighted by atomic mass is 9.91. The zero-order valence-corrected chi connectivity index (χ0v) is 8.26. The van der Waals surface area contributed by atoms with Gasteiger partial charge in [0.25, 0.3) is 0 Å². The van der Waals surface area contributed by atoms with E-state index in [1.807, 2.05) is 27.7 Å². The maximum absolute atomic E-state index is 10.6. The van der Waals surface area contributed by atoms with Gasteiger partial charge in [0.2, 0.25) is 0 Å². The molecule has 0 aliphatic heterocycles. The summed E-state index contributed by atoms with van der Waals surface area (Å²) in [6, 6.07) is 0. The van der Waals surface area contributed by atoms with Gasteiger partial charge in [0, 0.05) is 11.1 Å². The van der Waals surface area contributed by atoms with Gasteiger partial charge in [-0.05, 0) is 6.92 Å². The number of hydrazone groups is 1. The summed E-state index contributed by atoms with van der Waals surface area (Å²) < 4.78 is 4.36. The number of hydrogen-bond acceptors (Lipinski definition) is 3. The first kappa shape index (κ1) is 10.9. The minimum absolute atomic E-state index is 0.0268. The number of carbonyl (C=O) groups is 1. The fourth-order valence-electron chi connectivity index (χ4n) is 0.343. The average molecular weight is 172 g/mol. The smallest absolute Gasteiger partial charge is 0.427 e. The normalized spacial score (nSPS) is 12.6. The molecule has 0 spiro atoms. The molecule has 0 unspecified atom stereocenters. The molecule has 0 atom stereocenters. The molecule has 0 radical (unpaired) electrons. The van der Waals surface area contributed by atoms with E-state index < -0.39 is 6.09 Å². The van der Waals surface area contributed by atoms with Gasteiger partial charge >= 0.3 is 6.09 Å². The molecule has 0 saturated heterocycles. The minimum Gasteiger partial charge on any atom is -0.452 e. The summed E-state index contributed by atoms with van der Waals surface area (Å²) in [6.07, 6.45) is -0.543. The van der Waals surface area contributed by atoms with Crippen molar-refractivity contribution in [1.29, 1.82) is 0 Å². The zero-order valence-electron chi connectivity index (χ0n) is 8.26. The Hall–Kier alpha value is -1.06. The zero-order chi connectivity index (χ0) is 9.78. The highest BCUT2D eigenvalue weighted by atomic mass is 16.5. The Morgan fingerprint density at radius 2 is 1.92 bits per heavy atom. The Bertz CT molecular complexity index is 192. The average Bonchev–Trinajstić information content (AvgIpc) is 1.97. The third kappa shape index (κ3) is 3.95. The number of hydrogen-bond donors (Lipinski definition) is 1. The van der Waals surface area contributed by atoms with E-state index in [-0.39, 0.29) is 5.41 Å². The molecule has 0 aromatic carbocycles. The van der Waals surface area contributed by atoms with Gasteiger partial charge in [0.15, 0.2) is 0 Å². The number of nitrogens with one attached hydrogen (secondary N) is 1. The van der Waals surface area contributed by atoms with Gasteiger partial charge in [-0.2, -0.15) is 5.10 Å². The topological polar surface area (TPSA) is 50.7 Å². The first-order valence-corrected chi connectivity index (χ1v) is 3.76. The summed E-state index contributed by atoms with van der Waals surface area (Å²) >= 11 is 0. The van der Waals surface area contributed by atoms with Gasteiger partial charge < -0.3 is 4.74 Å². The van der Waals surface area contributed by atoms with Crippen LogP contribution in [0.25, 0.3) is 0 Å². The number of methoxy groups -OCH3 is 1. The van der Waals surface area contributed by atoms with E-state index in [1.165, 1.54) is 7.11 Å². The minimum atomic E-state index is -0.543. The van der Waals surface area contributed by atoms with Crippen LogP contribution >= 0.6 is 0 Å². The van der Waals surface area contributed by atoms with Crippen molar-refractivity contribution >= 4 is 11.8 Å².